The molecule has 3 rings (SSSR count). The van der Waals surface area contributed by atoms with Gasteiger partial charge in [0.1, 0.15) is 0 Å². The van der Waals surface area contributed by atoms with Gasteiger partial charge in [-0.15, -0.1) is 0 Å². The van der Waals surface area contributed by atoms with Crippen LogP contribution in [0.15, 0.2) is 30.3 Å². The molecule has 0 aliphatic carbocycles. The lowest BCUT2D eigenvalue weighted by Crippen LogP contribution is -2.58. The molecule has 0 amide bonds. The Hall–Kier alpha value is -1.32. The van der Waals surface area contributed by atoms with Gasteiger partial charge in [-0.25, -0.2) is 0 Å². The third-order valence-corrected chi connectivity index (χ3v) is 4.76. The molecule has 0 unspecified atom stereocenters. The molecule has 3 nitrogen and oxygen atoms in total. The zero-order chi connectivity index (χ0) is 14.2. The maximum atomic E-state index is 6.50. The molecule has 0 atom stereocenters. The first-order chi connectivity index (χ1) is 9.66. The minimum absolute atomic E-state index is 0.156. The summed E-state index contributed by atoms with van der Waals surface area (Å²) in [6.45, 7) is 4.09. The summed E-state index contributed by atoms with van der Waals surface area (Å²) in [5, 5.41) is 8.78. The van der Waals surface area contributed by atoms with Crippen LogP contribution in [0.2, 0.25) is 5.02 Å². The summed E-state index contributed by atoms with van der Waals surface area (Å²) in [7, 11) is 1.99. The lowest BCUT2D eigenvalue weighted by atomic mass is 9.72. The van der Waals surface area contributed by atoms with Crippen LogP contribution < -0.4 is 5.32 Å². The lowest BCUT2D eigenvalue weighted by molar-refractivity contribution is 0.270. The number of aromatic nitrogens is 2. The standard InChI is InChI=1S/C16H20ClN3/c1-3-13-15(17)14(20(2)19-13)9-16(10-18-11-16)12-7-5-4-6-8-12/h4-8,18H,3,9-11H2,1-2H3. The molecule has 1 N–H and O–H groups in total. The summed E-state index contributed by atoms with van der Waals surface area (Å²) in [5.74, 6) is 0. The first-order valence-corrected chi connectivity index (χ1v) is 7.50. The maximum absolute atomic E-state index is 6.50. The first-order valence-electron chi connectivity index (χ1n) is 7.13. The molecule has 1 aliphatic heterocycles. The largest absolute Gasteiger partial charge is 0.315 e. The second-order valence-electron chi connectivity index (χ2n) is 5.61. The Morgan fingerprint density at radius 2 is 2.00 bits per heavy atom. The number of halogens is 1. The van der Waals surface area contributed by atoms with E-state index in [1.807, 2.05) is 11.7 Å². The van der Waals surface area contributed by atoms with E-state index in [4.69, 9.17) is 11.6 Å². The quantitative estimate of drug-likeness (QED) is 0.938. The summed E-state index contributed by atoms with van der Waals surface area (Å²) < 4.78 is 1.95. The van der Waals surface area contributed by atoms with Gasteiger partial charge >= 0.3 is 0 Å². The van der Waals surface area contributed by atoms with Crippen molar-refractivity contribution >= 4 is 11.6 Å². The second kappa shape index (κ2) is 5.23. The summed E-state index contributed by atoms with van der Waals surface area (Å²) >= 11 is 6.50. The van der Waals surface area contributed by atoms with Crippen LogP contribution in [0.1, 0.15) is 23.9 Å². The fourth-order valence-corrected chi connectivity index (χ4v) is 3.34. The highest BCUT2D eigenvalue weighted by Crippen LogP contribution is 2.35. The van der Waals surface area contributed by atoms with Crippen molar-refractivity contribution in [3.63, 3.8) is 0 Å². The first kappa shape index (κ1) is 13.7. The van der Waals surface area contributed by atoms with Gasteiger partial charge in [0.2, 0.25) is 0 Å². The summed E-state index contributed by atoms with van der Waals surface area (Å²) in [5.41, 5.74) is 3.69. The van der Waals surface area contributed by atoms with Crippen molar-refractivity contribution in [2.45, 2.75) is 25.2 Å². The van der Waals surface area contributed by atoms with E-state index in [0.717, 1.165) is 42.3 Å². The van der Waals surface area contributed by atoms with Crippen LogP contribution in [0.4, 0.5) is 0 Å². The SMILES string of the molecule is CCc1nn(C)c(CC2(c3ccccc3)CNC2)c1Cl. The van der Waals surface area contributed by atoms with Gasteiger partial charge in [0.05, 0.1) is 16.4 Å². The van der Waals surface area contributed by atoms with Crippen molar-refractivity contribution < 1.29 is 0 Å². The molecule has 0 bridgehead atoms. The van der Waals surface area contributed by atoms with Gasteiger partial charge in [-0.3, -0.25) is 4.68 Å². The molecule has 4 heteroatoms. The molecular formula is C16H20ClN3. The predicted octanol–water partition coefficient (Wildman–Crippen LogP) is 2.72. The van der Waals surface area contributed by atoms with E-state index >= 15 is 0 Å². The number of nitrogens with zero attached hydrogens (tertiary/aromatic N) is 2. The number of rotatable bonds is 4. The molecule has 0 saturated carbocycles. The number of nitrogens with one attached hydrogen (secondary N) is 1. The number of benzene rings is 1. The highest BCUT2D eigenvalue weighted by molar-refractivity contribution is 6.31. The van der Waals surface area contributed by atoms with Gasteiger partial charge in [0.15, 0.2) is 0 Å². The minimum atomic E-state index is 0.156. The van der Waals surface area contributed by atoms with Crippen LogP contribution in [0.5, 0.6) is 0 Å². The Balaban J connectivity index is 1.95. The lowest BCUT2D eigenvalue weighted by Gasteiger charge is -2.43. The second-order valence-corrected chi connectivity index (χ2v) is 5.99. The molecule has 1 aromatic heterocycles. The molecule has 1 aromatic carbocycles. The monoisotopic (exact) mass is 289 g/mol. The van der Waals surface area contributed by atoms with Gasteiger partial charge in [0, 0.05) is 32.0 Å². The predicted molar refractivity (Wildman–Crippen MR) is 82.3 cm³/mol. The summed E-state index contributed by atoms with van der Waals surface area (Å²) in [6, 6.07) is 10.7. The zero-order valence-electron chi connectivity index (χ0n) is 12.0. The molecular weight excluding hydrogens is 270 g/mol. The van der Waals surface area contributed by atoms with E-state index < -0.39 is 0 Å². The number of hydrogen-bond acceptors (Lipinski definition) is 2. The average molecular weight is 290 g/mol. The van der Waals surface area contributed by atoms with Gasteiger partial charge in [-0.2, -0.15) is 5.10 Å². The zero-order valence-corrected chi connectivity index (χ0v) is 12.7. The average Bonchev–Trinajstić information content (AvgIpc) is 2.70. The molecule has 106 valence electrons. The van der Waals surface area contributed by atoms with Crippen molar-refractivity contribution in [3.05, 3.63) is 52.3 Å². The molecule has 0 spiro atoms. The van der Waals surface area contributed by atoms with Gasteiger partial charge < -0.3 is 5.32 Å². The van der Waals surface area contributed by atoms with Crippen LogP contribution in [0.25, 0.3) is 0 Å². The summed E-state index contributed by atoms with van der Waals surface area (Å²) in [6.07, 6.45) is 1.82. The van der Waals surface area contributed by atoms with Crippen LogP contribution in [-0.4, -0.2) is 22.9 Å². The molecule has 2 aromatic rings. The van der Waals surface area contributed by atoms with Crippen LogP contribution in [0, 0.1) is 0 Å². The van der Waals surface area contributed by atoms with E-state index in [0.29, 0.717) is 0 Å². The minimum Gasteiger partial charge on any atom is -0.315 e. The van der Waals surface area contributed by atoms with E-state index in [9.17, 15) is 0 Å². The van der Waals surface area contributed by atoms with E-state index in [1.54, 1.807) is 0 Å². The highest BCUT2D eigenvalue weighted by atomic mass is 35.5. The Kier molecular flexibility index (Phi) is 3.57. The fraction of sp³-hybridized carbons (Fsp3) is 0.438. The molecule has 0 radical (unpaired) electrons. The molecule has 1 aliphatic rings. The van der Waals surface area contributed by atoms with E-state index in [1.165, 1.54) is 5.56 Å². The molecule has 20 heavy (non-hydrogen) atoms. The van der Waals surface area contributed by atoms with Crippen LogP contribution in [0.3, 0.4) is 0 Å². The maximum Gasteiger partial charge on any atom is 0.0850 e. The van der Waals surface area contributed by atoms with Gasteiger partial charge in [-0.05, 0) is 12.0 Å². The topological polar surface area (TPSA) is 29.9 Å². The van der Waals surface area contributed by atoms with Crippen molar-refractivity contribution in [1.82, 2.24) is 15.1 Å². The van der Waals surface area contributed by atoms with Crippen LogP contribution in [-0.2, 0) is 25.3 Å². The third kappa shape index (κ3) is 2.15. The normalized spacial score (nSPS) is 16.9. The smallest absolute Gasteiger partial charge is 0.0850 e. The summed E-state index contributed by atoms with van der Waals surface area (Å²) in [4.78, 5) is 0. The number of hydrogen-bond donors (Lipinski definition) is 1. The molecule has 2 heterocycles. The number of aryl methyl sites for hydroxylation is 2. The van der Waals surface area contributed by atoms with E-state index in [2.05, 4.69) is 47.7 Å². The molecule has 1 fully saturated rings. The highest BCUT2D eigenvalue weighted by Gasteiger charge is 2.40. The van der Waals surface area contributed by atoms with Crippen molar-refractivity contribution in [2.24, 2.45) is 7.05 Å². The van der Waals surface area contributed by atoms with Crippen molar-refractivity contribution in [2.75, 3.05) is 13.1 Å². The van der Waals surface area contributed by atoms with Gasteiger partial charge in [0.25, 0.3) is 0 Å². The van der Waals surface area contributed by atoms with E-state index in [-0.39, 0.29) is 5.41 Å². The Morgan fingerprint density at radius 1 is 1.30 bits per heavy atom. The Bertz CT molecular complexity index is 600. The Labute approximate surface area is 124 Å². The molecule has 1 saturated heterocycles. The third-order valence-electron chi connectivity index (χ3n) is 4.32. The van der Waals surface area contributed by atoms with Gasteiger partial charge in [-0.1, -0.05) is 48.9 Å². The Morgan fingerprint density at radius 3 is 2.50 bits per heavy atom. The van der Waals surface area contributed by atoms with Crippen molar-refractivity contribution in [1.29, 1.82) is 0 Å². The van der Waals surface area contributed by atoms with Crippen LogP contribution >= 0.6 is 11.6 Å². The van der Waals surface area contributed by atoms with Crippen molar-refractivity contribution in [3.8, 4) is 0 Å². The fourth-order valence-electron chi connectivity index (χ4n) is 2.98.